The van der Waals surface area contributed by atoms with Crippen LogP contribution in [0.1, 0.15) is 0 Å². The number of H-pyrrole nitrogens is 1. The second-order valence-corrected chi connectivity index (χ2v) is 5.68. The van der Waals surface area contributed by atoms with Crippen LogP contribution >= 0.6 is 10.7 Å². The highest BCUT2D eigenvalue weighted by Gasteiger charge is 2.12. The number of hydrogen-bond acceptors (Lipinski definition) is 3. The SMILES string of the molecule is Cn1[nH]c(=O)c2cc(S(=O)(=O)Cl)ccc21. The third-order valence-corrected chi connectivity index (χ3v) is 3.48. The minimum atomic E-state index is -3.79. The Bertz CT molecular complexity index is 683. The predicted molar refractivity (Wildman–Crippen MR) is 56.6 cm³/mol. The third kappa shape index (κ3) is 1.66. The Morgan fingerprint density at radius 2 is 2.07 bits per heavy atom. The van der Waals surface area contributed by atoms with Gasteiger partial charge in [-0.05, 0) is 18.2 Å². The van der Waals surface area contributed by atoms with Crippen LogP contribution in [0.25, 0.3) is 10.9 Å². The topological polar surface area (TPSA) is 71.9 Å². The Morgan fingerprint density at radius 3 is 2.67 bits per heavy atom. The molecule has 2 rings (SSSR count). The van der Waals surface area contributed by atoms with Crippen molar-refractivity contribution in [3.8, 4) is 0 Å². The van der Waals surface area contributed by atoms with Gasteiger partial charge in [-0.1, -0.05) is 0 Å². The van der Waals surface area contributed by atoms with Crippen molar-refractivity contribution in [2.75, 3.05) is 0 Å². The fourth-order valence-corrected chi connectivity index (χ4v) is 2.19. The largest absolute Gasteiger partial charge is 0.288 e. The highest BCUT2D eigenvalue weighted by Crippen LogP contribution is 2.18. The van der Waals surface area contributed by atoms with Gasteiger partial charge in [0.15, 0.2) is 0 Å². The standard InChI is InChI=1S/C8H7ClN2O3S/c1-11-7-3-2-5(15(9,13)14)4-6(7)8(12)10-11/h2-4H,1H3,(H,10,12). The van der Waals surface area contributed by atoms with Crippen LogP contribution in [0.15, 0.2) is 27.9 Å². The summed E-state index contributed by atoms with van der Waals surface area (Å²) in [5.74, 6) is 0. The lowest BCUT2D eigenvalue weighted by Crippen LogP contribution is -2.01. The maximum Gasteiger partial charge on any atom is 0.272 e. The molecule has 1 N–H and O–H groups in total. The van der Waals surface area contributed by atoms with E-state index in [-0.39, 0.29) is 10.5 Å². The lowest BCUT2D eigenvalue weighted by molar-refractivity contribution is 0.609. The number of aryl methyl sites for hydroxylation is 1. The number of nitrogens with zero attached hydrogens (tertiary/aromatic N) is 1. The predicted octanol–water partition coefficient (Wildman–Crippen LogP) is 0.794. The molecule has 0 atom stereocenters. The second kappa shape index (κ2) is 3.11. The third-order valence-electron chi connectivity index (χ3n) is 2.12. The average molecular weight is 247 g/mol. The Hall–Kier alpha value is -1.27. The van der Waals surface area contributed by atoms with E-state index in [2.05, 4.69) is 5.10 Å². The summed E-state index contributed by atoms with van der Waals surface area (Å²) >= 11 is 0. The molecule has 0 spiro atoms. The summed E-state index contributed by atoms with van der Waals surface area (Å²) < 4.78 is 23.6. The molecule has 1 heterocycles. The Balaban J connectivity index is 2.88. The van der Waals surface area contributed by atoms with Crippen LogP contribution in [0.4, 0.5) is 0 Å². The van der Waals surface area contributed by atoms with E-state index >= 15 is 0 Å². The molecular formula is C8H7ClN2O3S. The molecule has 2 aromatic rings. The molecule has 0 saturated heterocycles. The van der Waals surface area contributed by atoms with Crippen molar-refractivity contribution in [2.24, 2.45) is 7.05 Å². The molecule has 0 fully saturated rings. The van der Waals surface area contributed by atoms with Crippen molar-refractivity contribution in [3.05, 3.63) is 28.6 Å². The molecular weight excluding hydrogens is 240 g/mol. The van der Waals surface area contributed by atoms with E-state index in [1.807, 2.05) is 0 Å². The smallest absolute Gasteiger partial charge is 0.272 e. The minimum absolute atomic E-state index is 0.0756. The molecule has 5 nitrogen and oxygen atoms in total. The van der Waals surface area contributed by atoms with Crippen LogP contribution in [0.3, 0.4) is 0 Å². The Kier molecular flexibility index (Phi) is 2.13. The highest BCUT2D eigenvalue weighted by atomic mass is 35.7. The molecule has 0 aliphatic carbocycles. The van der Waals surface area contributed by atoms with E-state index in [4.69, 9.17) is 10.7 Å². The first-order chi connectivity index (χ1) is 6.89. The summed E-state index contributed by atoms with van der Waals surface area (Å²) in [6, 6.07) is 4.15. The number of aromatic amines is 1. The van der Waals surface area contributed by atoms with E-state index in [1.165, 1.54) is 22.9 Å². The number of benzene rings is 1. The van der Waals surface area contributed by atoms with Crippen molar-refractivity contribution >= 4 is 30.6 Å². The van der Waals surface area contributed by atoms with Crippen LogP contribution < -0.4 is 5.56 Å². The van der Waals surface area contributed by atoms with Crippen LogP contribution in [0.5, 0.6) is 0 Å². The molecule has 0 radical (unpaired) electrons. The molecule has 0 unspecified atom stereocenters. The van der Waals surface area contributed by atoms with Crippen molar-refractivity contribution in [2.45, 2.75) is 4.90 Å². The lowest BCUT2D eigenvalue weighted by Gasteiger charge is -1.96. The minimum Gasteiger partial charge on any atom is -0.288 e. The van der Waals surface area contributed by atoms with Gasteiger partial charge in [0.1, 0.15) is 0 Å². The van der Waals surface area contributed by atoms with Gasteiger partial charge in [0.05, 0.1) is 15.8 Å². The van der Waals surface area contributed by atoms with Gasteiger partial charge in [0, 0.05) is 17.7 Å². The van der Waals surface area contributed by atoms with Gasteiger partial charge in [0.25, 0.3) is 14.6 Å². The van der Waals surface area contributed by atoms with Gasteiger partial charge in [-0.15, -0.1) is 0 Å². The molecule has 0 bridgehead atoms. The summed E-state index contributed by atoms with van der Waals surface area (Å²) in [7, 11) is 3.04. The summed E-state index contributed by atoms with van der Waals surface area (Å²) in [5, 5.41) is 2.82. The van der Waals surface area contributed by atoms with Gasteiger partial charge < -0.3 is 0 Å². The molecule has 1 aromatic carbocycles. The molecule has 0 aliphatic heterocycles. The van der Waals surface area contributed by atoms with Crippen molar-refractivity contribution in [3.63, 3.8) is 0 Å². The zero-order valence-corrected chi connectivity index (χ0v) is 9.26. The molecule has 7 heteroatoms. The van der Waals surface area contributed by atoms with E-state index in [0.29, 0.717) is 10.9 Å². The zero-order valence-electron chi connectivity index (χ0n) is 7.69. The van der Waals surface area contributed by atoms with Crippen molar-refractivity contribution in [1.29, 1.82) is 0 Å². The number of aromatic nitrogens is 2. The molecule has 15 heavy (non-hydrogen) atoms. The van der Waals surface area contributed by atoms with Gasteiger partial charge in [-0.3, -0.25) is 14.6 Å². The highest BCUT2D eigenvalue weighted by molar-refractivity contribution is 8.13. The van der Waals surface area contributed by atoms with E-state index in [9.17, 15) is 13.2 Å². The average Bonchev–Trinajstić information content (AvgIpc) is 2.41. The fraction of sp³-hybridized carbons (Fsp3) is 0.125. The van der Waals surface area contributed by atoms with Gasteiger partial charge in [-0.25, -0.2) is 8.42 Å². The summed E-state index contributed by atoms with van der Waals surface area (Å²) in [5.41, 5.74) is 0.290. The molecule has 0 aliphatic rings. The summed E-state index contributed by atoms with van der Waals surface area (Å²) in [6.07, 6.45) is 0. The van der Waals surface area contributed by atoms with E-state index in [1.54, 1.807) is 7.05 Å². The molecule has 0 amide bonds. The lowest BCUT2D eigenvalue weighted by atomic mass is 10.2. The van der Waals surface area contributed by atoms with E-state index in [0.717, 1.165) is 0 Å². The van der Waals surface area contributed by atoms with E-state index < -0.39 is 9.05 Å². The first-order valence-electron chi connectivity index (χ1n) is 4.03. The molecule has 0 saturated carbocycles. The molecule has 1 aromatic heterocycles. The number of rotatable bonds is 1. The first kappa shape index (κ1) is 10.3. The number of halogens is 1. The van der Waals surface area contributed by atoms with Crippen molar-refractivity contribution in [1.82, 2.24) is 9.78 Å². The monoisotopic (exact) mass is 246 g/mol. The van der Waals surface area contributed by atoms with Gasteiger partial charge in [0.2, 0.25) is 0 Å². The summed E-state index contributed by atoms with van der Waals surface area (Å²) in [4.78, 5) is 11.3. The zero-order chi connectivity index (χ0) is 11.2. The van der Waals surface area contributed by atoms with Crippen LogP contribution in [-0.4, -0.2) is 18.2 Å². The quantitative estimate of drug-likeness (QED) is 0.757. The van der Waals surface area contributed by atoms with Crippen LogP contribution in [-0.2, 0) is 16.1 Å². The van der Waals surface area contributed by atoms with Gasteiger partial charge in [-0.2, -0.15) is 0 Å². The maximum absolute atomic E-state index is 11.4. The summed E-state index contributed by atoms with van der Waals surface area (Å²) in [6.45, 7) is 0. The van der Waals surface area contributed by atoms with Crippen LogP contribution in [0, 0.1) is 0 Å². The first-order valence-corrected chi connectivity index (χ1v) is 6.34. The Labute approximate surface area is 89.7 Å². The Morgan fingerprint density at radius 1 is 1.40 bits per heavy atom. The number of nitrogens with one attached hydrogen (secondary N) is 1. The van der Waals surface area contributed by atoms with Gasteiger partial charge >= 0.3 is 0 Å². The number of hydrogen-bond donors (Lipinski definition) is 1. The number of fused-ring (bicyclic) bond motifs is 1. The molecule has 80 valence electrons. The second-order valence-electron chi connectivity index (χ2n) is 3.12. The van der Waals surface area contributed by atoms with Crippen molar-refractivity contribution < 1.29 is 8.42 Å². The maximum atomic E-state index is 11.4. The fourth-order valence-electron chi connectivity index (χ4n) is 1.41. The normalized spacial score (nSPS) is 12.1. The van der Waals surface area contributed by atoms with Crippen LogP contribution in [0.2, 0.25) is 0 Å².